The number of hydrogen-bond acceptors (Lipinski definition) is 4. The van der Waals surface area contributed by atoms with Crippen LogP contribution in [0.25, 0.3) is 0 Å². The first kappa shape index (κ1) is 21.7. The van der Waals surface area contributed by atoms with Crippen LogP contribution in [0.5, 0.6) is 0 Å². The van der Waals surface area contributed by atoms with Gasteiger partial charge in [0.25, 0.3) is 6.92 Å². The lowest BCUT2D eigenvalue weighted by Crippen LogP contribution is -2.48. The number of benzene rings is 1. The number of likely N-dealkylation sites (N-methyl/N-ethyl adjacent to an activating group) is 1. The molecule has 1 aromatic rings. The van der Waals surface area contributed by atoms with Gasteiger partial charge in [-0.3, -0.25) is 4.79 Å². The van der Waals surface area contributed by atoms with Gasteiger partial charge in [0.15, 0.2) is 0 Å². The summed E-state index contributed by atoms with van der Waals surface area (Å²) in [5, 5.41) is 18.7. The van der Waals surface area contributed by atoms with Crippen LogP contribution in [0.2, 0.25) is 13.1 Å². The van der Waals surface area contributed by atoms with Crippen molar-refractivity contribution in [2.24, 2.45) is 5.73 Å². The Labute approximate surface area is 152 Å². The molecule has 0 aliphatic carbocycles. The predicted molar refractivity (Wildman–Crippen MR) is 104 cm³/mol. The smallest absolute Gasteiger partial charge is 0.323 e. The Morgan fingerprint density at radius 2 is 1.80 bits per heavy atom. The summed E-state index contributed by atoms with van der Waals surface area (Å²) < 4.78 is 0. The van der Waals surface area contributed by atoms with Crippen LogP contribution in [-0.4, -0.2) is 53.6 Å². The van der Waals surface area contributed by atoms with Gasteiger partial charge in [0.05, 0.1) is 0 Å². The predicted octanol–water partition coefficient (Wildman–Crippen LogP) is 2.51. The Morgan fingerprint density at radius 1 is 1.16 bits per heavy atom. The van der Waals surface area contributed by atoms with Gasteiger partial charge < -0.3 is 20.8 Å². The lowest BCUT2D eigenvalue weighted by atomic mass is 9.66. The lowest BCUT2D eigenvalue weighted by Gasteiger charge is -2.26. The molecule has 0 aliphatic heterocycles. The molecule has 25 heavy (non-hydrogen) atoms. The highest BCUT2D eigenvalue weighted by atomic mass is 16.4. The Balaban J connectivity index is 2.29. The molecular formula is C19H33BN2O3. The van der Waals surface area contributed by atoms with E-state index in [9.17, 15) is 14.9 Å². The highest BCUT2D eigenvalue weighted by Gasteiger charge is 2.32. The maximum atomic E-state index is 11.5. The number of hydrogen-bond donors (Lipinski definition) is 3. The molecular weight excluding hydrogens is 315 g/mol. The molecule has 0 amide bonds. The minimum Gasteiger partial charge on any atom is -0.480 e. The average molecular weight is 348 g/mol. The van der Waals surface area contributed by atoms with Crippen molar-refractivity contribution < 1.29 is 14.9 Å². The van der Waals surface area contributed by atoms with E-state index >= 15 is 0 Å². The largest absolute Gasteiger partial charge is 0.480 e. The van der Waals surface area contributed by atoms with Gasteiger partial charge in [-0.15, -0.1) is 0 Å². The van der Waals surface area contributed by atoms with Crippen molar-refractivity contribution in [3.63, 3.8) is 0 Å². The SMILES string of the molecule is CB(O)CCCCC(N)(CCCN(C)CCc1ccccc1)C(=O)O. The van der Waals surface area contributed by atoms with Gasteiger partial charge in [-0.2, -0.15) is 0 Å². The molecule has 4 N–H and O–H groups in total. The molecule has 1 rings (SSSR count). The molecule has 0 fully saturated rings. The monoisotopic (exact) mass is 348 g/mol. The minimum atomic E-state index is -1.15. The van der Waals surface area contributed by atoms with Gasteiger partial charge in [0.2, 0.25) is 0 Å². The normalized spacial score (nSPS) is 13.6. The van der Waals surface area contributed by atoms with Crippen LogP contribution < -0.4 is 5.73 Å². The summed E-state index contributed by atoms with van der Waals surface area (Å²) in [4.78, 5) is 13.8. The zero-order valence-corrected chi connectivity index (χ0v) is 15.7. The Kier molecular flexibility index (Phi) is 9.79. The van der Waals surface area contributed by atoms with E-state index in [1.807, 2.05) is 18.2 Å². The summed E-state index contributed by atoms with van der Waals surface area (Å²) >= 11 is 0. The van der Waals surface area contributed by atoms with Crippen molar-refractivity contribution in [3.8, 4) is 0 Å². The number of carboxylic acid groups (broad SMARTS) is 1. The highest BCUT2D eigenvalue weighted by Crippen LogP contribution is 2.19. The Hall–Kier alpha value is -1.37. The van der Waals surface area contributed by atoms with Crippen molar-refractivity contribution in [1.82, 2.24) is 4.90 Å². The second-order valence-corrected chi connectivity index (χ2v) is 7.20. The van der Waals surface area contributed by atoms with Gasteiger partial charge >= 0.3 is 5.97 Å². The number of nitrogens with zero attached hydrogens (tertiary/aromatic N) is 1. The summed E-state index contributed by atoms with van der Waals surface area (Å²) in [6.45, 7) is 3.20. The second kappa shape index (κ2) is 11.3. The van der Waals surface area contributed by atoms with E-state index < -0.39 is 11.5 Å². The van der Waals surface area contributed by atoms with Gasteiger partial charge in [-0.1, -0.05) is 50.0 Å². The van der Waals surface area contributed by atoms with Crippen molar-refractivity contribution in [3.05, 3.63) is 35.9 Å². The van der Waals surface area contributed by atoms with Crippen molar-refractivity contribution >= 4 is 12.9 Å². The maximum Gasteiger partial charge on any atom is 0.323 e. The Morgan fingerprint density at radius 3 is 2.40 bits per heavy atom. The van der Waals surface area contributed by atoms with Crippen LogP contribution in [0, 0.1) is 0 Å². The lowest BCUT2D eigenvalue weighted by molar-refractivity contribution is -0.144. The zero-order valence-electron chi connectivity index (χ0n) is 15.7. The van der Waals surface area contributed by atoms with E-state index in [2.05, 4.69) is 24.1 Å². The third-order valence-electron chi connectivity index (χ3n) is 4.71. The summed E-state index contributed by atoms with van der Waals surface area (Å²) in [6.07, 6.45) is 4.93. The Bertz CT molecular complexity index is 499. The number of aliphatic carboxylic acids is 1. The second-order valence-electron chi connectivity index (χ2n) is 7.20. The van der Waals surface area contributed by atoms with Gasteiger partial charge in [-0.05, 0) is 51.2 Å². The summed E-state index contributed by atoms with van der Waals surface area (Å²) in [5.74, 6) is -0.920. The standard InChI is InChI=1S/C19H33BN2O3/c1-20(25)14-7-6-12-19(21,18(23)24)13-8-15-22(2)16-11-17-9-4-3-5-10-17/h3-5,9-10,25H,6-8,11-16,21H2,1-2H3,(H,23,24). The van der Waals surface area contributed by atoms with Crippen molar-refractivity contribution in [2.75, 3.05) is 20.1 Å². The van der Waals surface area contributed by atoms with Gasteiger partial charge in [-0.25, -0.2) is 0 Å². The first-order chi connectivity index (χ1) is 11.8. The van der Waals surface area contributed by atoms with Gasteiger partial charge in [0.1, 0.15) is 5.54 Å². The molecule has 0 saturated heterocycles. The van der Waals surface area contributed by atoms with E-state index in [4.69, 9.17) is 5.73 Å². The molecule has 140 valence electrons. The fourth-order valence-electron chi connectivity index (χ4n) is 2.96. The quantitative estimate of drug-likeness (QED) is 0.377. The number of unbranched alkanes of at least 4 members (excludes halogenated alkanes) is 1. The van der Waals surface area contributed by atoms with E-state index in [0.717, 1.165) is 38.8 Å². The van der Waals surface area contributed by atoms with Crippen LogP contribution in [0.3, 0.4) is 0 Å². The van der Waals surface area contributed by atoms with E-state index in [1.54, 1.807) is 6.82 Å². The van der Waals surface area contributed by atoms with Crippen LogP contribution in [0.4, 0.5) is 0 Å². The molecule has 6 heteroatoms. The first-order valence-corrected chi connectivity index (χ1v) is 9.26. The molecule has 0 heterocycles. The third kappa shape index (κ3) is 9.05. The number of nitrogens with two attached hydrogens (primary N) is 1. The minimum absolute atomic E-state index is 0.338. The molecule has 0 radical (unpaired) electrons. The molecule has 5 nitrogen and oxygen atoms in total. The summed E-state index contributed by atoms with van der Waals surface area (Å²) in [7, 11) is 2.06. The molecule has 1 aromatic carbocycles. The maximum absolute atomic E-state index is 11.5. The molecule has 0 bridgehead atoms. The molecule has 0 saturated carbocycles. The molecule has 0 aliphatic rings. The van der Waals surface area contributed by atoms with E-state index in [-0.39, 0.29) is 6.92 Å². The van der Waals surface area contributed by atoms with Crippen molar-refractivity contribution in [2.45, 2.75) is 57.2 Å². The molecule has 1 unspecified atom stereocenters. The topological polar surface area (TPSA) is 86.8 Å². The third-order valence-corrected chi connectivity index (χ3v) is 4.71. The number of rotatable bonds is 13. The number of carboxylic acids is 1. The summed E-state index contributed by atoms with van der Waals surface area (Å²) in [6, 6.07) is 10.3. The fraction of sp³-hybridized carbons (Fsp3) is 0.632. The van der Waals surface area contributed by atoms with E-state index in [0.29, 0.717) is 19.2 Å². The van der Waals surface area contributed by atoms with E-state index in [1.165, 1.54) is 5.56 Å². The fourth-order valence-corrected chi connectivity index (χ4v) is 2.96. The van der Waals surface area contributed by atoms with Crippen LogP contribution >= 0.6 is 0 Å². The first-order valence-electron chi connectivity index (χ1n) is 9.26. The van der Waals surface area contributed by atoms with Crippen LogP contribution in [-0.2, 0) is 11.2 Å². The van der Waals surface area contributed by atoms with Crippen LogP contribution in [0.15, 0.2) is 30.3 Å². The summed E-state index contributed by atoms with van der Waals surface area (Å²) in [5.41, 5.74) is 6.29. The zero-order chi connectivity index (χ0) is 18.7. The van der Waals surface area contributed by atoms with Crippen molar-refractivity contribution in [1.29, 1.82) is 0 Å². The van der Waals surface area contributed by atoms with Crippen LogP contribution in [0.1, 0.15) is 37.7 Å². The molecule has 0 spiro atoms. The average Bonchev–Trinajstić information content (AvgIpc) is 2.57. The number of carbonyl (C=O) groups is 1. The highest BCUT2D eigenvalue weighted by molar-refractivity contribution is 6.48. The molecule has 1 atom stereocenters. The molecule has 0 aromatic heterocycles. The van der Waals surface area contributed by atoms with Gasteiger partial charge in [0, 0.05) is 6.54 Å².